The third kappa shape index (κ3) is 3.07. The number of aromatic nitrogens is 1. The van der Waals surface area contributed by atoms with Crippen molar-refractivity contribution in [2.24, 2.45) is 0 Å². The van der Waals surface area contributed by atoms with Crippen LogP contribution in [0.3, 0.4) is 0 Å². The minimum Gasteiger partial charge on any atom is -0.393 e. The van der Waals surface area contributed by atoms with E-state index in [4.69, 9.17) is 5.11 Å². The largest absolute Gasteiger partial charge is 0.393 e. The fourth-order valence-electron chi connectivity index (χ4n) is 1.71. The van der Waals surface area contributed by atoms with Gasteiger partial charge in [0.05, 0.1) is 6.61 Å². The van der Waals surface area contributed by atoms with Crippen molar-refractivity contribution in [1.29, 1.82) is 0 Å². The number of aliphatic hydroxyl groups is 2. The molecule has 0 radical (unpaired) electrons. The van der Waals surface area contributed by atoms with E-state index in [9.17, 15) is 9.90 Å². The van der Waals surface area contributed by atoms with E-state index in [2.05, 4.69) is 10.3 Å². The second kappa shape index (κ2) is 5.34. The van der Waals surface area contributed by atoms with Gasteiger partial charge in [-0.1, -0.05) is 24.3 Å². The van der Waals surface area contributed by atoms with Crippen molar-refractivity contribution < 1.29 is 15.0 Å². The summed E-state index contributed by atoms with van der Waals surface area (Å²) in [5, 5.41) is 22.8. The van der Waals surface area contributed by atoms with E-state index < -0.39 is 12.2 Å². The molecule has 1 heterocycles. The van der Waals surface area contributed by atoms with Crippen LogP contribution >= 0.6 is 0 Å². The van der Waals surface area contributed by atoms with E-state index in [0.717, 1.165) is 10.8 Å². The van der Waals surface area contributed by atoms with Gasteiger partial charge in [-0.15, -0.1) is 0 Å². The molecule has 5 heteroatoms. The number of benzene rings is 1. The highest BCUT2D eigenvalue weighted by Crippen LogP contribution is 2.16. The summed E-state index contributed by atoms with van der Waals surface area (Å²) < 4.78 is 0. The zero-order chi connectivity index (χ0) is 13.9. The molecule has 0 aliphatic rings. The van der Waals surface area contributed by atoms with Crippen LogP contribution in [0.2, 0.25) is 0 Å². The zero-order valence-corrected chi connectivity index (χ0v) is 10.6. The van der Waals surface area contributed by atoms with Gasteiger partial charge in [0, 0.05) is 18.1 Å². The number of carbonyl (C=O) groups excluding carboxylic acids is 1. The molecule has 0 spiro atoms. The molecule has 100 valence electrons. The number of hydrogen-bond donors (Lipinski definition) is 3. The van der Waals surface area contributed by atoms with E-state index in [1.807, 2.05) is 30.3 Å². The molecule has 5 nitrogen and oxygen atoms in total. The average Bonchev–Trinajstić information content (AvgIpc) is 2.44. The van der Waals surface area contributed by atoms with Gasteiger partial charge in [-0.05, 0) is 18.4 Å². The van der Waals surface area contributed by atoms with Crippen LogP contribution in [0.1, 0.15) is 17.4 Å². The number of rotatable bonds is 4. The maximum Gasteiger partial charge on any atom is 0.270 e. The average molecular weight is 260 g/mol. The number of nitrogens with one attached hydrogen (secondary N) is 1. The molecule has 0 bridgehead atoms. The van der Waals surface area contributed by atoms with E-state index >= 15 is 0 Å². The Balaban J connectivity index is 2.23. The number of aliphatic hydroxyl groups excluding tert-OH is 1. The first-order valence-corrected chi connectivity index (χ1v) is 5.99. The lowest BCUT2D eigenvalue weighted by Gasteiger charge is -2.20. The molecular weight excluding hydrogens is 244 g/mol. The van der Waals surface area contributed by atoms with Crippen LogP contribution in [0, 0.1) is 0 Å². The van der Waals surface area contributed by atoms with Crippen LogP contribution in [0.25, 0.3) is 10.8 Å². The lowest BCUT2D eigenvalue weighted by atomic mass is 10.1. The van der Waals surface area contributed by atoms with E-state index in [1.165, 1.54) is 6.92 Å². The molecule has 3 N–H and O–H groups in total. The van der Waals surface area contributed by atoms with Gasteiger partial charge in [0.15, 0.2) is 0 Å². The van der Waals surface area contributed by atoms with E-state index in [-0.39, 0.29) is 12.5 Å². The Morgan fingerprint density at radius 2 is 2.11 bits per heavy atom. The van der Waals surface area contributed by atoms with Crippen LogP contribution in [0.4, 0.5) is 0 Å². The lowest BCUT2D eigenvalue weighted by molar-refractivity contribution is 0.00317. The van der Waals surface area contributed by atoms with Crippen molar-refractivity contribution in [2.75, 3.05) is 13.2 Å². The summed E-state index contributed by atoms with van der Waals surface area (Å²) in [5.74, 6) is -0.370. The summed E-state index contributed by atoms with van der Waals surface area (Å²) in [7, 11) is 0. The van der Waals surface area contributed by atoms with Crippen LogP contribution in [-0.2, 0) is 0 Å². The summed E-state index contributed by atoms with van der Waals surface area (Å²) >= 11 is 0. The zero-order valence-electron chi connectivity index (χ0n) is 10.6. The van der Waals surface area contributed by atoms with Gasteiger partial charge in [-0.25, -0.2) is 0 Å². The monoisotopic (exact) mass is 260 g/mol. The SMILES string of the molecule is CC(O)(CO)CNC(=O)c1nccc2ccccc12. The maximum atomic E-state index is 12.1. The second-order valence-corrected chi connectivity index (χ2v) is 4.72. The molecular formula is C14H16N2O3. The van der Waals surface area contributed by atoms with Gasteiger partial charge < -0.3 is 15.5 Å². The molecule has 1 unspecified atom stereocenters. The molecule has 19 heavy (non-hydrogen) atoms. The van der Waals surface area contributed by atoms with Gasteiger partial charge in [0.2, 0.25) is 0 Å². The lowest BCUT2D eigenvalue weighted by Crippen LogP contribution is -2.43. The third-order valence-corrected chi connectivity index (χ3v) is 2.86. The molecule has 2 aromatic rings. The van der Waals surface area contributed by atoms with Crippen molar-refractivity contribution in [3.05, 3.63) is 42.2 Å². The molecule has 0 saturated carbocycles. The topological polar surface area (TPSA) is 82.5 Å². The Hall–Kier alpha value is -1.98. The van der Waals surface area contributed by atoms with Gasteiger partial charge >= 0.3 is 0 Å². The van der Waals surface area contributed by atoms with Crippen molar-refractivity contribution in [2.45, 2.75) is 12.5 Å². The Morgan fingerprint density at radius 3 is 2.84 bits per heavy atom. The Labute approximate surface area is 110 Å². The van der Waals surface area contributed by atoms with Crippen molar-refractivity contribution in [1.82, 2.24) is 10.3 Å². The minimum absolute atomic E-state index is 0.0345. The van der Waals surface area contributed by atoms with Crippen molar-refractivity contribution in [3.63, 3.8) is 0 Å². The summed E-state index contributed by atoms with van der Waals surface area (Å²) in [6, 6.07) is 9.28. The molecule has 0 saturated heterocycles. The number of pyridine rings is 1. The highest BCUT2D eigenvalue weighted by atomic mass is 16.3. The second-order valence-electron chi connectivity index (χ2n) is 4.72. The molecule has 1 aromatic heterocycles. The van der Waals surface area contributed by atoms with Crippen LogP contribution < -0.4 is 5.32 Å². The third-order valence-electron chi connectivity index (χ3n) is 2.86. The molecule has 2 rings (SSSR count). The van der Waals surface area contributed by atoms with Crippen LogP contribution in [-0.4, -0.2) is 39.9 Å². The fourth-order valence-corrected chi connectivity index (χ4v) is 1.71. The fraction of sp³-hybridized carbons (Fsp3) is 0.286. The first kappa shape index (κ1) is 13.5. The molecule has 1 atom stereocenters. The summed E-state index contributed by atoms with van der Waals surface area (Å²) in [5.41, 5.74) is -1.02. The van der Waals surface area contributed by atoms with Crippen LogP contribution in [0.15, 0.2) is 36.5 Å². The summed E-state index contributed by atoms with van der Waals surface area (Å²) in [6.07, 6.45) is 1.57. The number of nitrogens with zero attached hydrogens (tertiary/aromatic N) is 1. The number of hydrogen-bond acceptors (Lipinski definition) is 4. The normalized spacial score (nSPS) is 14.1. The quantitative estimate of drug-likeness (QED) is 0.756. The maximum absolute atomic E-state index is 12.1. The first-order valence-electron chi connectivity index (χ1n) is 5.99. The van der Waals surface area contributed by atoms with Gasteiger partial charge in [0.1, 0.15) is 11.3 Å². The summed E-state index contributed by atoms with van der Waals surface area (Å²) in [4.78, 5) is 16.1. The van der Waals surface area contributed by atoms with Gasteiger partial charge in [-0.3, -0.25) is 9.78 Å². The smallest absolute Gasteiger partial charge is 0.270 e. The first-order chi connectivity index (χ1) is 9.03. The van der Waals surface area contributed by atoms with Crippen LogP contribution in [0.5, 0.6) is 0 Å². The molecule has 1 amide bonds. The number of carbonyl (C=O) groups is 1. The van der Waals surface area contributed by atoms with Crippen molar-refractivity contribution >= 4 is 16.7 Å². The number of fused-ring (bicyclic) bond motifs is 1. The predicted octanol–water partition coefficient (Wildman–Crippen LogP) is 0.708. The Bertz CT molecular complexity index is 591. The summed E-state index contributed by atoms with van der Waals surface area (Å²) in [6.45, 7) is 0.993. The van der Waals surface area contributed by atoms with E-state index in [1.54, 1.807) is 6.20 Å². The van der Waals surface area contributed by atoms with E-state index in [0.29, 0.717) is 5.69 Å². The Morgan fingerprint density at radius 1 is 1.37 bits per heavy atom. The predicted molar refractivity (Wildman–Crippen MR) is 71.8 cm³/mol. The standard InChI is InChI=1S/C14H16N2O3/c1-14(19,9-17)8-16-13(18)12-11-5-3-2-4-10(11)6-7-15-12/h2-7,17,19H,8-9H2,1H3,(H,16,18). The molecule has 1 aromatic carbocycles. The highest BCUT2D eigenvalue weighted by molar-refractivity contribution is 6.05. The minimum atomic E-state index is -1.33. The number of amides is 1. The molecule has 0 fully saturated rings. The van der Waals surface area contributed by atoms with Crippen molar-refractivity contribution in [3.8, 4) is 0 Å². The highest BCUT2D eigenvalue weighted by Gasteiger charge is 2.21. The van der Waals surface area contributed by atoms with Gasteiger partial charge in [-0.2, -0.15) is 0 Å². The molecule has 0 aliphatic heterocycles. The Kier molecular flexibility index (Phi) is 3.78. The molecule has 0 aliphatic carbocycles. The van der Waals surface area contributed by atoms with Gasteiger partial charge in [0.25, 0.3) is 5.91 Å².